The highest BCUT2D eigenvalue weighted by Crippen LogP contribution is 2.37. The van der Waals surface area contributed by atoms with Gasteiger partial charge in [0.25, 0.3) is 0 Å². The first-order valence-corrected chi connectivity index (χ1v) is 9.65. The third kappa shape index (κ3) is 3.59. The molecule has 0 bridgehead atoms. The maximum atomic E-state index is 9.70. The Bertz CT molecular complexity index is 566. The summed E-state index contributed by atoms with van der Waals surface area (Å²) in [7, 11) is 1.78. The highest BCUT2D eigenvalue weighted by molar-refractivity contribution is 6.21. The standard InChI is InChI=1S/C18H26ClN3O3/c1-23-12-2-3-14-15(6-12)22-18(21-14)11(8-20)4-10-5-16-17(7-13(10)19)25-9-24-16/h4,10,12-18,21-22H,2-3,5-7,9H2,1H3/b11-4-. The molecule has 6 nitrogen and oxygen atoms in total. The van der Waals surface area contributed by atoms with Crippen LogP contribution >= 0.6 is 11.6 Å². The van der Waals surface area contributed by atoms with Gasteiger partial charge in [-0.25, -0.2) is 0 Å². The average Bonchev–Trinajstić information content (AvgIpc) is 3.24. The monoisotopic (exact) mass is 367 g/mol. The van der Waals surface area contributed by atoms with Crippen molar-refractivity contribution in [2.75, 3.05) is 13.9 Å². The number of rotatable bonds is 3. The molecule has 138 valence electrons. The number of allylic oxidation sites excluding steroid dienone is 1. The van der Waals surface area contributed by atoms with Crippen molar-refractivity contribution in [1.82, 2.24) is 10.6 Å². The van der Waals surface area contributed by atoms with E-state index in [-0.39, 0.29) is 29.7 Å². The van der Waals surface area contributed by atoms with Crippen LogP contribution in [-0.4, -0.2) is 55.8 Å². The minimum absolute atomic E-state index is 0.0205. The van der Waals surface area contributed by atoms with Crippen LogP contribution in [-0.2, 0) is 14.2 Å². The van der Waals surface area contributed by atoms with Crippen LogP contribution in [0.15, 0.2) is 11.6 Å². The van der Waals surface area contributed by atoms with Crippen molar-refractivity contribution in [3.63, 3.8) is 0 Å². The predicted octanol–water partition coefficient (Wildman–Crippen LogP) is 1.65. The normalized spacial score (nSPS) is 47.2. The molecule has 4 aliphatic rings. The van der Waals surface area contributed by atoms with Crippen molar-refractivity contribution in [1.29, 1.82) is 5.26 Å². The van der Waals surface area contributed by atoms with E-state index in [1.165, 1.54) is 0 Å². The molecule has 0 amide bonds. The van der Waals surface area contributed by atoms with Gasteiger partial charge in [-0.2, -0.15) is 5.26 Å². The van der Waals surface area contributed by atoms with Gasteiger partial charge in [-0.1, -0.05) is 6.08 Å². The van der Waals surface area contributed by atoms with Gasteiger partial charge in [0.2, 0.25) is 0 Å². The van der Waals surface area contributed by atoms with Crippen molar-refractivity contribution >= 4 is 11.6 Å². The molecule has 2 heterocycles. The third-order valence-corrected chi connectivity index (χ3v) is 6.64. The van der Waals surface area contributed by atoms with E-state index in [1.54, 1.807) is 7.11 Å². The number of ether oxygens (including phenoxy) is 3. The van der Waals surface area contributed by atoms with Gasteiger partial charge in [0.05, 0.1) is 36.1 Å². The van der Waals surface area contributed by atoms with Gasteiger partial charge < -0.3 is 14.2 Å². The number of nitriles is 1. The van der Waals surface area contributed by atoms with Crippen molar-refractivity contribution in [2.24, 2.45) is 5.92 Å². The van der Waals surface area contributed by atoms with Gasteiger partial charge in [0.1, 0.15) is 6.79 Å². The van der Waals surface area contributed by atoms with Crippen LogP contribution in [0.25, 0.3) is 0 Å². The summed E-state index contributed by atoms with van der Waals surface area (Å²) < 4.78 is 16.7. The Morgan fingerprint density at radius 3 is 2.68 bits per heavy atom. The number of alkyl halides is 1. The average molecular weight is 368 g/mol. The molecule has 2 saturated heterocycles. The predicted molar refractivity (Wildman–Crippen MR) is 93.0 cm³/mol. The second-order valence-electron chi connectivity index (χ2n) is 7.56. The van der Waals surface area contributed by atoms with Crippen LogP contribution in [0.3, 0.4) is 0 Å². The van der Waals surface area contributed by atoms with Gasteiger partial charge >= 0.3 is 0 Å². The molecule has 7 heteroatoms. The molecular formula is C18H26ClN3O3. The fourth-order valence-electron chi connectivity index (χ4n) is 4.67. The van der Waals surface area contributed by atoms with Gasteiger partial charge in [-0.05, 0) is 38.0 Å². The molecule has 0 aromatic heterocycles. The molecule has 0 aromatic carbocycles. The van der Waals surface area contributed by atoms with E-state index < -0.39 is 0 Å². The molecule has 2 aliphatic heterocycles. The van der Waals surface area contributed by atoms with Gasteiger partial charge in [-0.15, -0.1) is 11.6 Å². The number of methoxy groups -OCH3 is 1. The molecule has 8 atom stereocenters. The summed E-state index contributed by atoms with van der Waals surface area (Å²) in [6, 6.07) is 3.14. The minimum Gasteiger partial charge on any atom is -0.381 e. The largest absolute Gasteiger partial charge is 0.381 e. The van der Waals surface area contributed by atoms with Crippen molar-refractivity contribution in [2.45, 2.75) is 74.0 Å². The number of nitrogens with zero attached hydrogens (tertiary/aromatic N) is 1. The minimum atomic E-state index is -0.0991. The molecule has 2 saturated carbocycles. The van der Waals surface area contributed by atoms with Crippen molar-refractivity contribution < 1.29 is 14.2 Å². The lowest BCUT2D eigenvalue weighted by Gasteiger charge is -2.32. The maximum absolute atomic E-state index is 9.70. The van der Waals surface area contributed by atoms with E-state index in [2.05, 4.69) is 16.7 Å². The summed E-state index contributed by atoms with van der Waals surface area (Å²) in [4.78, 5) is 0. The van der Waals surface area contributed by atoms with Crippen LogP contribution in [0, 0.1) is 17.2 Å². The quantitative estimate of drug-likeness (QED) is 0.583. The summed E-state index contributed by atoms with van der Waals surface area (Å²) >= 11 is 6.57. The van der Waals surface area contributed by atoms with Crippen LogP contribution < -0.4 is 10.6 Å². The molecule has 0 spiro atoms. The van der Waals surface area contributed by atoms with E-state index in [9.17, 15) is 5.26 Å². The second kappa shape index (κ2) is 7.51. The fourth-order valence-corrected chi connectivity index (χ4v) is 5.02. The Kier molecular flexibility index (Phi) is 5.33. The SMILES string of the molecule is COC1CCC2NC(/C(C#N)=C\C3CC4OCOC4CC3Cl)NC2C1. The molecule has 4 fully saturated rings. The molecule has 0 aromatic rings. The first-order chi connectivity index (χ1) is 12.2. The topological polar surface area (TPSA) is 75.5 Å². The highest BCUT2D eigenvalue weighted by Gasteiger charge is 2.42. The number of hydrogen-bond donors (Lipinski definition) is 2. The Balaban J connectivity index is 1.43. The summed E-state index contributed by atoms with van der Waals surface area (Å²) in [5, 5.41) is 16.8. The van der Waals surface area contributed by atoms with E-state index in [0.717, 1.165) is 37.7 Å². The zero-order chi connectivity index (χ0) is 17.4. The van der Waals surface area contributed by atoms with Crippen LogP contribution in [0.4, 0.5) is 0 Å². The summed E-state index contributed by atoms with van der Waals surface area (Å²) in [6.45, 7) is 0.357. The summed E-state index contributed by atoms with van der Waals surface area (Å²) in [5.74, 6) is 0.136. The zero-order valence-corrected chi connectivity index (χ0v) is 15.2. The van der Waals surface area contributed by atoms with Gasteiger partial charge in [0, 0.05) is 24.6 Å². The lowest BCUT2D eigenvalue weighted by atomic mass is 9.83. The Hall–Kier alpha value is -0.680. The smallest absolute Gasteiger partial charge is 0.147 e. The number of hydrogen-bond acceptors (Lipinski definition) is 6. The van der Waals surface area contributed by atoms with Crippen LogP contribution in [0.2, 0.25) is 0 Å². The molecule has 25 heavy (non-hydrogen) atoms. The Morgan fingerprint density at radius 1 is 1.16 bits per heavy atom. The zero-order valence-electron chi connectivity index (χ0n) is 14.5. The molecule has 2 N–H and O–H groups in total. The summed E-state index contributed by atoms with van der Waals surface area (Å²) in [6.07, 6.45) is 7.18. The number of fused-ring (bicyclic) bond motifs is 2. The van der Waals surface area contributed by atoms with Gasteiger partial charge in [-0.3, -0.25) is 10.6 Å². The maximum Gasteiger partial charge on any atom is 0.147 e. The van der Waals surface area contributed by atoms with Crippen molar-refractivity contribution in [3.05, 3.63) is 11.6 Å². The van der Waals surface area contributed by atoms with E-state index in [1.807, 2.05) is 6.08 Å². The fraction of sp³-hybridized carbons (Fsp3) is 0.833. The molecule has 0 radical (unpaired) electrons. The second-order valence-corrected chi connectivity index (χ2v) is 8.12. The van der Waals surface area contributed by atoms with Crippen LogP contribution in [0.5, 0.6) is 0 Å². The summed E-state index contributed by atoms with van der Waals surface area (Å²) in [5.41, 5.74) is 0.733. The first kappa shape index (κ1) is 17.7. The van der Waals surface area contributed by atoms with E-state index in [0.29, 0.717) is 25.0 Å². The Labute approximate surface area is 153 Å². The Morgan fingerprint density at radius 2 is 1.92 bits per heavy atom. The molecule has 4 rings (SSSR count). The van der Waals surface area contributed by atoms with Crippen LogP contribution in [0.1, 0.15) is 32.1 Å². The lowest BCUT2D eigenvalue weighted by Crippen LogP contribution is -2.41. The van der Waals surface area contributed by atoms with E-state index in [4.69, 9.17) is 25.8 Å². The van der Waals surface area contributed by atoms with E-state index >= 15 is 0 Å². The molecule has 2 aliphatic carbocycles. The van der Waals surface area contributed by atoms with Gasteiger partial charge in [0.15, 0.2) is 0 Å². The first-order valence-electron chi connectivity index (χ1n) is 9.22. The molecular weight excluding hydrogens is 342 g/mol. The third-order valence-electron chi connectivity index (χ3n) is 6.14. The number of halogens is 1. The highest BCUT2D eigenvalue weighted by atomic mass is 35.5. The number of nitrogens with one attached hydrogen (secondary N) is 2. The molecule has 8 unspecified atom stereocenters. The van der Waals surface area contributed by atoms with Crippen molar-refractivity contribution in [3.8, 4) is 6.07 Å². The lowest BCUT2D eigenvalue weighted by molar-refractivity contribution is 0.0392.